The second-order valence-electron chi connectivity index (χ2n) is 7.67. The van der Waals surface area contributed by atoms with Crippen molar-refractivity contribution in [2.45, 2.75) is 40.5 Å². The van der Waals surface area contributed by atoms with Gasteiger partial charge in [-0.05, 0) is 48.9 Å². The Morgan fingerprint density at radius 2 is 1.79 bits per heavy atom. The van der Waals surface area contributed by atoms with E-state index in [9.17, 15) is 9.59 Å². The normalized spacial score (nSPS) is 16.6. The molecule has 0 atom stereocenters. The molecule has 2 aromatic heterocycles. The summed E-state index contributed by atoms with van der Waals surface area (Å²) in [6.07, 6.45) is 1.18. The Hall–Kier alpha value is -2.49. The minimum atomic E-state index is -0.119. The van der Waals surface area contributed by atoms with Crippen LogP contribution in [0, 0.1) is 19.3 Å². The summed E-state index contributed by atoms with van der Waals surface area (Å²) >= 11 is 0. The van der Waals surface area contributed by atoms with Gasteiger partial charge in [-0.1, -0.05) is 19.9 Å². The summed E-state index contributed by atoms with van der Waals surface area (Å²) in [6.45, 7) is 7.99. The van der Waals surface area contributed by atoms with Crippen molar-refractivity contribution in [3.63, 3.8) is 0 Å². The van der Waals surface area contributed by atoms with E-state index < -0.39 is 0 Å². The van der Waals surface area contributed by atoms with Crippen LogP contribution in [0.2, 0.25) is 0 Å². The molecule has 1 aromatic carbocycles. The molecule has 0 saturated carbocycles. The Labute approximate surface area is 139 Å². The summed E-state index contributed by atoms with van der Waals surface area (Å²) in [7, 11) is 0. The zero-order chi connectivity index (χ0) is 17.2. The predicted molar refractivity (Wildman–Crippen MR) is 93.7 cm³/mol. The van der Waals surface area contributed by atoms with Gasteiger partial charge in [0.1, 0.15) is 5.58 Å². The Kier molecular flexibility index (Phi) is 2.99. The first kappa shape index (κ1) is 15.1. The molecule has 0 N–H and O–H groups in total. The molecular formula is C20H19NO3. The zero-order valence-electron chi connectivity index (χ0n) is 14.3. The number of aromatic nitrogens is 1. The highest BCUT2D eigenvalue weighted by atomic mass is 16.3. The molecule has 3 aromatic rings. The third kappa shape index (κ3) is 2.17. The van der Waals surface area contributed by atoms with Crippen molar-refractivity contribution >= 4 is 27.9 Å². The first-order valence-electron chi connectivity index (χ1n) is 8.16. The van der Waals surface area contributed by atoms with Gasteiger partial charge in [0.15, 0.2) is 5.78 Å². The summed E-state index contributed by atoms with van der Waals surface area (Å²) in [6, 6.07) is 5.50. The van der Waals surface area contributed by atoms with Crippen molar-refractivity contribution in [1.29, 1.82) is 0 Å². The lowest BCUT2D eigenvalue weighted by Crippen LogP contribution is -2.28. The molecule has 0 amide bonds. The molecule has 0 saturated heterocycles. The second kappa shape index (κ2) is 4.76. The number of ketones is 1. The van der Waals surface area contributed by atoms with Gasteiger partial charge < -0.3 is 4.42 Å². The van der Waals surface area contributed by atoms with Crippen molar-refractivity contribution < 1.29 is 9.21 Å². The van der Waals surface area contributed by atoms with E-state index in [-0.39, 0.29) is 16.6 Å². The fraction of sp³-hybridized carbons (Fsp3) is 0.350. The number of carbonyl (C=O) groups excluding carboxylic acids is 1. The van der Waals surface area contributed by atoms with Crippen LogP contribution in [0.1, 0.15) is 47.4 Å². The van der Waals surface area contributed by atoms with Crippen LogP contribution in [0.3, 0.4) is 0 Å². The number of benzene rings is 1. The minimum Gasteiger partial charge on any atom is -0.437 e. The molecule has 122 valence electrons. The lowest BCUT2D eigenvalue weighted by atomic mass is 9.75. The number of Topliss-reactive ketones (excluding diaryl/α,β-unsaturated/α-hetero) is 1. The lowest BCUT2D eigenvalue weighted by Gasteiger charge is -2.29. The molecule has 4 nitrogen and oxygen atoms in total. The summed E-state index contributed by atoms with van der Waals surface area (Å²) in [5.41, 5.74) is 3.89. The Bertz CT molecular complexity index is 1090. The van der Waals surface area contributed by atoms with E-state index in [1.54, 1.807) is 6.07 Å². The van der Waals surface area contributed by atoms with Crippen LogP contribution in [0.4, 0.5) is 0 Å². The monoisotopic (exact) mass is 321 g/mol. The van der Waals surface area contributed by atoms with Crippen molar-refractivity contribution in [1.82, 2.24) is 4.98 Å². The Morgan fingerprint density at radius 3 is 2.54 bits per heavy atom. The van der Waals surface area contributed by atoms with Gasteiger partial charge >= 0.3 is 0 Å². The largest absolute Gasteiger partial charge is 0.437 e. The van der Waals surface area contributed by atoms with Gasteiger partial charge in [-0.25, -0.2) is 4.98 Å². The third-order valence-corrected chi connectivity index (χ3v) is 4.76. The van der Waals surface area contributed by atoms with Crippen LogP contribution in [0.5, 0.6) is 0 Å². The fourth-order valence-corrected chi connectivity index (χ4v) is 3.69. The van der Waals surface area contributed by atoms with Crippen molar-refractivity contribution in [2.75, 3.05) is 0 Å². The summed E-state index contributed by atoms with van der Waals surface area (Å²) in [5, 5.41) is 0.935. The van der Waals surface area contributed by atoms with Gasteiger partial charge in [-0.2, -0.15) is 0 Å². The van der Waals surface area contributed by atoms with Crippen LogP contribution in [0.25, 0.3) is 22.1 Å². The number of aryl methyl sites for hydroxylation is 2. The van der Waals surface area contributed by atoms with E-state index in [1.165, 1.54) is 0 Å². The molecule has 24 heavy (non-hydrogen) atoms. The highest BCUT2D eigenvalue weighted by Crippen LogP contribution is 2.35. The molecule has 0 unspecified atom stereocenters. The van der Waals surface area contributed by atoms with Gasteiger partial charge in [-0.15, -0.1) is 0 Å². The fourth-order valence-electron chi connectivity index (χ4n) is 3.69. The van der Waals surface area contributed by atoms with Crippen LogP contribution in [-0.2, 0) is 6.42 Å². The number of fused-ring (bicyclic) bond motifs is 3. The van der Waals surface area contributed by atoms with Crippen LogP contribution >= 0.6 is 0 Å². The Morgan fingerprint density at radius 1 is 1.04 bits per heavy atom. The maximum absolute atomic E-state index is 12.9. The number of hydrogen-bond donors (Lipinski definition) is 0. The maximum atomic E-state index is 12.9. The van der Waals surface area contributed by atoms with E-state index in [0.717, 1.165) is 16.8 Å². The number of carbonyl (C=O) groups is 1. The summed E-state index contributed by atoms with van der Waals surface area (Å²) in [4.78, 5) is 29.9. The molecular weight excluding hydrogens is 302 g/mol. The molecule has 0 aliphatic heterocycles. The molecule has 0 bridgehead atoms. The first-order valence-corrected chi connectivity index (χ1v) is 8.16. The van der Waals surface area contributed by atoms with Gasteiger partial charge in [0.05, 0.1) is 16.5 Å². The first-order chi connectivity index (χ1) is 11.2. The van der Waals surface area contributed by atoms with E-state index in [4.69, 9.17) is 4.42 Å². The SMILES string of the molecule is Cc1cc(C)c2oc3nc4c(cc3c(=O)c2c1)C(=O)CC(C)(C)C4. The number of hydrogen-bond acceptors (Lipinski definition) is 4. The molecule has 0 fully saturated rings. The zero-order valence-corrected chi connectivity index (χ0v) is 14.3. The van der Waals surface area contributed by atoms with E-state index in [1.807, 2.05) is 26.0 Å². The smallest absolute Gasteiger partial charge is 0.230 e. The van der Waals surface area contributed by atoms with Crippen LogP contribution < -0.4 is 5.43 Å². The van der Waals surface area contributed by atoms with Gasteiger partial charge in [0.25, 0.3) is 0 Å². The minimum absolute atomic E-state index is 0.0515. The number of pyridine rings is 1. The molecule has 0 spiro atoms. The lowest BCUT2D eigenvalue weighted by molar-refractivity contribution is 0.0910. The van der Waals surface area contributed by atoms with Gasteiger partial charge in [0, 0.05) is 12.0 Å². The molecule has 1 aliphatic rings. The number of nitrogens with zero attached hydrogens (tertiary/aromatic N) is 1. The average Bonchev–Trinajstić information content (AvgIpc) is 2.46. The topological polar surface area (TPSA) is 60.2 Å². The standard InChI is InChI=1S/C20H19NO3/c1-10-5-11(2)18-13(6-10)17(23)14-7-12-15(21-19(14)24-18)8-20(3,4)9-16(12)22/h5-7H,8-9H2,1-4H3. The summed E-state index contributed by atoms with van der Waals surface area (Å²) < 4.78 is 5.96. The summed E-state index contributed by atoms with van der Waals surface area (Å²) in [5.74, 6) is 0.0515. The van der Waals surface area contributed by atoms with Crippen molar-refractivity contribution in [3.8, 4) is 0 Å². The van der Waals surface area contributed by atoms with Crippen LogP contribution in [0.15, 0.2) is 27.4 Å². The average molecular weight is 321 g/mol. The molecule has 1 aliphatic carbocycles. The predicted octanol–water partition coefficient (Wildman–Crippen LogP) is 4.11. The quantitative estimate of drug-likeness (QED) is 0.585. The Balaban J connectivity index is 2.11. The molecule has 0 radical (unpaired) electrons. The van der Waals surface area contributed by atoms with Crippen LogP contribution in [-0.4, -0.2) is 10.8 Å². The van der Waals surface area contributed by atoms with Crippen molar-refractivity contribution in [3.05, 3.63) is 50.8 Å². The number of rotatable bonds is 0. The van der Waals surface area contributed by atoms with Crippen molar-refractivity contribution in [2.24, 2.45) is 5.41 Å². The molecule has 2 heterocycles. The van der Waals surface area contributed by atoms with Gasteiger partial charge in [-0.3, -0.25) is 9.59 Å². The second-order valence-corrected chi connectivity index (χ2v) is 7.67. The highest BCUT2D eigenvalue weighted by Gasteiger charge is 2.32. The van der Waals surface area contributed by atoms with E-state index in [0.29, 0.717) is 40.5 Å². The molecule has 4 heteroatoms. The third-order valence-electron chi connectivity index (χ3n) is 4.76. The highest BCUT2D eigenvalue weighted by molar-refractivity contribution is 6.02. The van der Waals surface area contributed by atoms with E-state index >= 15 is 0 Å². The van der Waals surface area contributed by atoms with E-state index in [2.05, 4.69) is 18.8 Å². The van der Waals surface area contributed by atoms with Gasteiger partial charge in [0.2, 0.25) is 11.1 Å². The maximum Gasteiger partial charge on any atom is 0.230 e. The molecule has 4 rings (SSSR count).